The van der Waals surface area contributed by atoms with Crippen LogP contribution in [-0.4, -0.2) is 30.3 Å². The van der Waals surface area contributed by atoms with Crippen LogP contribution in [-0.2, 0) is 19.4 Å². The molecule has 1 N–H and O–H groups in total. The molecule has 1 aromatic carbocycles. The fraction of sp³-hybridized carbons (Fsp3) is 0.435. The lowest BCUT2D eigenvalue weighted by molar-refractivity contribution is -0.117. The smallest absolute Gasteiger partial charge is 0.257 e. The van der Waals surface area contributed by atoms with E-state index in [1.807, 2.05) is 6.07 Å². The molecule has 1 heterocycles. The predicted octanol–water partition coefficient (Wildman–Crippen LogP) is 4.49. The van der Waals surface area contributed by atoms with Crippen LogP contribution in [0.2, 0.25) is 0 Å². The van der Waals surface area contributed by atoms with Crippen molar-refractivity contribution < 1.29 is 22.4 Å². The zero-order valence-corrected chi connectivity index (χ0v) is 19.0. The summed E-state index contributed by atoms with van der Waals surface area (Å²) in [5, 5.41) is 1.99. The van der Waals surface area contributed by atoms with Crippen LogP contribution in [0.5, 0.6) is 0 Å². The standard InChI is InChI=1S/C23H23FN2O4S2/c24-21-12-25-23(31-21)26-22(28)19(10-13-1-5-16(27)9-13)15-4-8-20(18(11-15)14-2-3-14)32(29,30)17-6-7-17/h4,8,10-14,17H,1-3,5-7,9H2,(H,25,26,28)/b19-10+/t13-/m0/s1. The van der Waals surface area contributed by atoms with E-state index in [4.69, 9.17) is 0 Å². The minimum atomic E-state index is -3.35. The fourth-order valence-electron chi connectivity index (χ4n) is 4.25. The fourth-order valence-corrected chi connectivity index (χ4v) is 6.71. The van der Waals surface area contributed by atoms with Gasteiger partial charge in [-0.05, 0) is 67.2 Å². The molecule has 1 amide bonds. The number of aromatic nitrogens is 1. The third-order valence-electron chi connectivity index (χ3n) is 6.24. The summed E-state index contributed by atoms with van der Waals surface area (Å²) in [7, 11) is -3.35. The molecule has 0 saturated heterocycles. The van der Waals surface area contributed by atoms with E-state index in [0.29, 0.717) is 48.1 Å². The second-order valence-corrected chi connectivity index (χ2v) is 12.0. The lowest BCUT2D eigenvalue weighted by atomic mass is 9.96. The van der Waals surface area contributed by atoms with Crippen molar-refractivity contribution >= 4 is 43.6 Å². The van der Waals surface area contributed by atoms with Crippen molar-refractivity contribution in [3.8, 4) is 0 Å². The molecule has 168 valence electrons. The Hall–Kier alpha value is -2.39. The number of nitrogens with zero attached hydrogens (tertiary/aromatic N) is 1. The number of allylic oxidation sites excluding steroid dienone is 1. The van der Waals surface area contributed by atoms with Crippen molar-refractivity contribution in [1.29, 1.82) is 0 Å². The average molecular weight is 475 g/mol. The number of carbonyl (C=O) groups excluding carboxylic acids is 2. The first-order chi connectivity index (χ1) is 15.3. The number of sulfone groups is 1. The van der Waals surface area contributed by atoms with Crippen molar-refractivity contribution in [3.05, 3.63) is 46.7 Å². The van der Waals surface area contributed by atoms with Gasteiger partial charge in [0.1, 0.15) is 5.78 Å². The molecule has 0 aliphatic heterocycles. The number of carbonyl (C=O) groups is 2. The van der Waals surface area contributed by atoms with Crippen LogP contribution in [0.4, 0.5) is 9.52 Å². The molecule has 6 nitrogen and oxygen atoms in total. The summed E-state index contributed by atoms with van der Waals surface area (Å²) in [6.07, 6.45) is 7.63. The molecule has 3 saturated carbocycles. The highest BCUT2D eigenvalue weighted by molar-refractivity contribution is 7.92. The Labute approximate surface area is 189 Å². The van der Waals surface area contributed by atoms with Crippen LogP contribution in [0.1, 0.15) is 62.0 Å². The van der Waals surface area contributed by atoms with Gasteiger partial charge in [-0.25, -0.2) is 13.4 Å². The Morgan fingerprint density at radius 2 is 1.97 bits per heavy atom. The van der Waals surface area contributed by atoms with Gasteiger partial charge in [0.2, 0.25) is 0 Å². The van der Waals surface area contributed by atoms with Crippen LogP contribution in [0.15, 0.2) is 35.4 Å². The predicted molar refractivity (Wildman–Crippen MR) is 120 cm³/mol. The van der Waals surface area contributed by atoms with Gasteiger partial charge in [0.05, 0.1) is 16.3 Å². The average Bonchev–Trinajstić information content (AvgIpc) is 3.68. The minimum Gasteiger partial charge on any atom is -0.300 e. The van der Waals surface area contributed by atoms with Gasteiger partial charge in [0.25, 0.3) is 5.91 Å². The van der Waals surface area contributed by atoms with E-state index in [2.05, 4.69) is 10.3 Å². The lowest BCUT2D eigenvalue weighted by Gasteiger charge is -2.15. The Bertz CT molecular complexity index is 1230. The maximum Gasteiger partial charge on any atom is 0.257 e. The molecule has 0 unspecified atom stereocenters. The number of anilines is 1. The molecule has 32 heavy (non-hydrogen) atoms. The molecular weight excluding hydrogens is 451 g/mol. The number of hydrogen-bond acceptors (Lipinski definition) is 6. The maximum atomic E-state index is 13.3. The van der Waals surface area contributed by atoms with Crippen molar-refractivity contribution in [2.24, 2.45) is 5.92 Å². The molecule has 9 heteroatoms. The molecule has 5 rings (SSSR count). The van der Waals surface area contributed by atoms with Crippen molar-refractivity contribution in [3.63, 3.8) is 0 Å². The molecule has 2 aromatic rings. The zero-order chi connectivity index (χ0) is 22.5. The Morgan fingerprint density at radius 1 is 1.19 bits per heavy atom. The number of thiazole rings is 1. The van der Waals surface area contributed by atoms with Crippen molar-refractivity contribution in [2.45, 2.75) is 61.0 Å². The third-order valence-corrected chi connectivity index (χ3v) is 9.27. The van der Waals surface area contributed by atoms with E-state index in [-0.39, 0.29) is 28.0 Å². The molecule has 0 bridgehead atoms. The first-order valence-electron chi connectivity index (χ1n) is 10.9. The second kappa shape index (κ2) is 8.19. The molecule has 3 aliphatic carbocycles. The highest BCUT2D eigenvalue weighted by atomic mass is 32.2. The molecule has 0 radical (unpaired) electrons. The van der Waals surface area contributed by atoms with Gasteiger partial charge < -0.3 is 0 Å². The summed E-state index contributed by atoms with van der Waals surface area (Å²) >= 11 is 0.735. The van der Waals surface area contributed by atoms with E-state index in [1.165, 1.54) is 0 Å². The van der Waals surface area contributed by atoms with E-state index in [0.717, 1.165) is 35.9 Å². The summed E-state index contributed by atoms with van der Waals surface area (Å²) in [5.74, 6) is -0.157. The molecule has 0 spiro atoms. The summed E-state index contributed by atoms with van der Waals surface area (Å²) in [6.45, 7) is 0. The van der Waals surface area contributed by atoms with Gasteiger partial charge in [-0.3, -0.25) is 14.9 Å². The number of Topliss-reactive ketones (excluding diaryl/α,β-unsaturated/α-hetero) is 1. The number of rotatable bonds is 7. The minimum absolute atomic E-state index is 0.0597. The number of hydrogen-bond donors (Lipinski definition) is 1. The van der Waals surface area contributed by atoms with Gasteiger partial charge >= 0.3 is 0 Å². The first kappa shape index (κ1) is 21.5. The number of nitrogens with one attached hydrogen (secondary N) is 1. The summed E-state index contributed by atoms with van der Waals surface area (Å²) < 4.78 is 39.2. The SMILES string of the molecule is O=C1CC[C@H](/C=C(/C(=O)Nc2ncc(F)s2)c2ccc(S(=O)(=O)C3CC3)c(C3CC3)c2)C1. The zero-order valence-electron chi connectivity index (χ0n) is 17.3. The third kappa shape index (κ3) is 4.41. The lowest BCUT2D eigenvalue weighted by Crippen LogP contribution is -2.15. The van der Waals surface area contributed by atoms with Crippen molar-refractivity contribution in [2.75, 3.05) is 5.32 Å². The molecule has 1 aromatic heterocycles. The van der Waals surface area contributed by atoms with Crippen LogP contribution in [0.25, 0.3) is 5.57 Å². The van der Waals surface area contributed by atoms with Gasteiger partial charge in [-0.1, -0.05) is 23.5 Å². The van der Waals surface area contributed by atoms with Gasteiger partial charge in [-0.2, -0.15) is 4.39 Å². The van der Waals surface area contributed by atoms with E-state index in [1.54, 1.807) is 18.2 Å². The van der Waals surface area contributed by atoms with Crippen LogP contribution in [0, 0.1) is 11.0 Å². The number of benzene rings is 1. The van der Waals surface area contributed by atoms with Crippen LogP contribution < -0.4 is 5.32 Å². The number of ketones is 1. The maximum absolute atomic E-state index is 13.3. The number of halogens is 1. The molecule has 3 fully saturated rings. The summed E-state index contributed by atoms with van der Waals surface area (Å²) in [5.41, 5.74) is 1.74. The number of amides is 1. The Balaban J connectivity index is 1.53. The monoisotopic (exact) mass is 474 g/mol. The van der Waals surface area contributed by atoms with Gasteiger partial charge in [0, 0.05) is 18.4 Å². The Morgan fingerprint density at radius 3 is 2.56 bits per heavy atom. The largest absolute Gasteiger partial charge is 0.300 e. The van der Waals surface area contributed by atoms with Crippen LogP contribution in [0.3, 0.4) is 0 Å². The van der Waals surface area contributed by atoms with Crippen molar-refractivity contribution in [1.82, 2.24) is 4.98 Å². The van der Waals surface area contributed by atoms with E-state index in [9.17, 15) is 22.4 Å². The highest BCUT2D eigenvalue weighted by Crippen LogP contribution is 2.46. The Kier molecular flexibility index (Phi) is 5.49. The quantitative estimate of drug-likeness (QED) is 0.597. The normalized spacial score (nSPS) is 21.7. The van der Waals surface area contributed by atoms with Gasteiger partial charge in [0.15, 0.2) is 20.1 Å². The molecule has 1 atom stereocenters. The highest BCUT2D eigenvalue weighted by Gasteiger charge is 2.40. The topological polar surface area (TPSA) is 93.2 Å². The second-order valence-electron chi connectivity index (χ2n) is 8.82. The van der Waals surface area contributed by atoms with Gasteiger partial charge in [-0.15, -0.1) is 0 Å². The molecular formula is C23H23FN2O4S2. The van der Waals surface area contributed by atoms with E-state index < -0.39 is 20.9 Å². The molecule has 3 aliphatic rings. The summed E-state index contributed by atoms with van der Waals surface area (Å²) in [6, 6.07) is 5.12. The summed E-state index contributed by atoms with van der Waals surface area (Å²) in [4.78, 5) is 29.1. The first-order valence-corrected chi connectivity index (χ1v) is 13.2. The van der Waals surface area contributed by atoms with E-state index >= 15 is 0 Å². The van der Waals surface area contributed by atoms with Crippen LogP contribution >= 0.6 is 11.3 Å².